The Kier molecular flexibility index (Phi) is 6.60. The Morgan fingerprint density at radius 1 is 0.926 bits per heavy atom. The van der Waals surface area contributed by atoms with E-state index in [1.807, 2.05) is 36.4 Å². The van der Waals surface area contributed by atoms with Crippen LogP contribution < -0.4 is 16.0 Å². The number of rotatable bonds is 9. The fraction of sp³-hybridized carbons (Fsp3) is 0.238. The van der Waals surface area contributed by atoms with Crippen LogP contribution in [0, 0.1) is 0 Å². The largest absolute Gasteiger partial charge is 0.393 e. The normalized spacial score (nSPS) is 10.6. The number of anilines is 3. The van der Waals surface area contributed by atoms with Gasteiger partial charge in [-0.15, -0.1) is 0 Å². The number of nitrogen functional groups attached to an aromatic ring is 1. The van der Waals surface area contributed by atoms with Gasteiger partial charge in [-0.05, 0) is 11.1 Å². The number of nitrogens with two attached hydrogens (primary N) is 1. The lowest BCUT2D eigenvalue weighted by molar-refractivity contribution is 0.210. The quantitative estimate of drug-likeness (QED) is 0.568. The van der Waals surface area contributed by atoms with Crippen molar-refractivity contribution in [3.05, 3.63) is 78.1 Å². The molecule has 0 aliphatic rings. The molecule has 0 saturated carbocycles. The first-order valence-corrected chi connectivity index (χ1v) is 8.94. The Labute approximate surface area is 160 Å². The van der Waals surface area contributed by atoms with E-state index in [-0.39, 0.29) is 0 Å². The summed E-state index contributed by atoms with van der Waals surface area (Å²) in [4.78, 5) is 10.9. The van der Waals surface area contributed by atoms with E-state index in [1.54, 1.807) is 13.4 Å². The van der Waals surface area contributed by atoms with Crippen molar-refractivity contribution in [3.8, 4) is 0 Å². The van der Waals surface area contributed by atoms with Crippen LogP contribution in [0.2, 0.25) is 0 Å². The maximum Gasteiger partial charge on any atom is 0.158 e. The number of hydrogen-bond acceptors (Lipinski definition) is 6. The van der Waals surface area contributed by atoms with Crippen LogP contribution in [0.4, 0.5) is 17.3 Å². The van der Waals surface area contributed by atoms with E-state index in [1.165, 1.54) is 11.1 Å². The van der Waals surface area contributed by atoms with E-state index in [0.29, 0.717) is 37.7 Å². The standard InChI is InChI=1S/C21H25N5O/c1-27-13-12-23-20-19(22)21(25-16-24-20)26(14-17-8-4-2-5-9-17)15-18-10-6-3-7-11-18/h2-11,16H,12-15,22H2,1H3,(H,23,24,25). The molecule has 3 rings (SSSR count). The third-order valence-corrected chi connectivity index (χ3v) is 4.19. The maximum absolute atomic E-state index is 6.40. The second-order valence-corrected chi connectivity index (χ2v) is 6.21. The lowest BCUT2D eigenvalue weighted by atomic mass is 10.1. The Balaban J connectivity index is 1.88. The van der Waals surface area contributed by atoms with Crippen LogP contribution in [0.3, 0.4) is 0 Å². The first-order valence-electron chi connectivity index (χ1n) is 8.94. The zero-order chi connectivity index (χ0) is 18.9. The molecule has 27 heavy (non-hydrogen) atoms. The van der Waals surface area contributed by atoms with Crippen molar-refractivity contribution in [2.75, 3.05) is 36.2 Å². The summed E-state index contributed by atoms with van der Waals surface area (Å²) >= 11 is 0. The lowest BCUT2D eigenvalue weighted by Crippen LogP contribution is -2.25. The SMILES string of the molecule is COCCNc1ncnc(N(Cc2ccccc2)Cc2ccccc2)c1N. The molecule has 6 nitrogen and oxygen atoms in total. The maximum atomic E-state index is 6.40. The monoisotopic (exact) mass is 363 g/mol. The molecule has 0 aliphatic heterocycles. The highest BCUT2D eigenvalue weighted by Gasteiger charge is 2.16. The first-order chi connectivity index (χ1) is 13.3. The molecule has 1 heterocycles. The lowest BCUT2D eigenvalue weighted by Gasteiger charge is -2.26. The van der Waals surface area contributed by atoms with E-state index in [9.17, 15) is 0 Å². The molecule has 3 N–H and O–H groups in total. The van der Waals surface area contributed by atoms with Gasteiger partial charge in [0.15, 0.2) is 11.6 Å². The highest BCUT2D eigenvalue weighted by Crippen LogP contribution is 2.28. The van der Waals surface area contributed by atoms with Crippen molar-refractivity contribution >= 4 is 17.3 Å². The van der Waals surface area contributed by atoms with Gasteiger partial charge in [-0.25, -0.2) is 9.97 Å². The molecule has 0 spiro atoms. The zero-order valence-electron chi connectivity index (χ0n) is 15.5. The highest BCUT2D eigenvalue weighted by atomic mass is 16.5. The molecule has 0 amide bonds. The van der Waals surface area contributed by atoms with Gasteiger partial charge in [-0.3, -0.25) is 0 Å². The van der Waals surface area contributed by atoms with Gasteiger partial charge in [0.05, 0.1) is 6.61 Å². The van der Waals surface area contributed by atoms with Gasteiger partial charge in [0.2, 0.25) is 0 Å². The molecule has 140 valence electrons. The van der Waals surface area contributed by atoms with Crippen LogP contribution in [0.25, 0.3) is 0 Å². The Morgan fingerprint density at radius 2 is 1.52 bits per heavy atom. The topological polar surface area (TPSA) is 76.3 Å². The first kappa shape index (κ1) is 18.7. The molecule has 0 aliphatic carbocycles. The van der Waals surface area contributed by atoms with Crippen LogP contribution in [-0.2, 0) is 17.8 Å². The van der Waals surface area contributed by atoms with E-state index in [2.05, 4.69) is 44.5 Å². The minimum Gasteiger partial charge on any atom is -0.393 e. The summed E-state index contributed by atoms with van der Waals surface area (Å²) in [5, 5.41) is 3.21. The summed E-state index contributed by atoms with van der Waals surface area (Å²) in [6, 6.07) is 20.6. The molecular formula is C21H25N5O. The fourth-order valence-electron chi connectivity index (χ4n) is 2.86. The van der Waals surface area contributed by atoms with Crippen molar-refractivity contribution in [2.24, 2.45) is 0 Å². The van der Waals surface area contributed by atoms with Gasteiger partial charge < -0.3 is 20.7 Å². The summed E-state index contributed by atoms with van der Waals surface area (Å²) in [6.07, 6.45) is 1.55. The average Bonchev–Trinajstić information content (AvgIpc) is 2.71. The summed E-state index contributed by atoms with van der Waals surface area (Å²) in [5.74, 6) is 1.35. The number of nitrogens with zero attached hydrogens (tertiary/aromatic N) is 3. The highest BCUT2D eigenvalue weighted by molar-refractivity contribution is 5.75. The van der Waals surface area contributed by atoms with Gasteiger partial charge in [0.25, 0.3) is 0 Å². The minimum atomic E-state index is 0.542. The van der Waals surface area contributed by atoms with Crippen molar-refractivity contribution in [1.29, 1.82) is 0 Å². The van der Waals surface area contributed by atoms with Crippen molar-refractivity contribution < 1.29 is 4.74 Å². The van der Waals surface area contributed by atoms with Gasteiger partial charge >= 0.3 is 0 Å². The third kappa shape index (κ3) is 5.18. The molecule has 0 unspecified atom stereocenters. The van der Waals surface area contributed by atoms with Gasteiger partial charge in [-0.2, -0.15) is 0 Å². The summed E-state index contributed by atoms with van der Waals surface area (Å²) < 4.78 is 5.08. The molecule has 0 saturated heterocycles. The van der Waals surface area contributed by atoms with Crippen molar-refractivity contribution in [3.63, 3.8) is 0 Å². The molecule has 1 aromatic heterocycles. The zero-order valence-corrected chi connectivity index (χ0v) is 15.5. The minimum absolute atomic E-state index is 0.542. The van der Waals surface area contributed by atoms with Crippen LogP contribution in [0.1, 0.15) is 11.1 Å². The summed E-state index contributed by atoms with van der Waals surface area (Å²) in [6.45, 7) is 2.62. The number of methoxy groups -OCH3 is 1. The predicted octanol–water partition coefficient (Wildman–Crippen LogP) is 3.32. The Hall–Kier alpha value is -3.12. The van der Waals surface area contributed by atoms with Crippen LogP contribution in [0.5, 0.6) is 0 Å². The van der Waals surface area contributed by atoms with Gasteiger partial charge in [-0.1, -0.05) is 60.7 Å². The number of hydrogen-bond donors (Lipinski definition) is 2. The molecule has 2 aromatic carbocycles. The number of nitrogens with one attached hydrogen (secondary N) is 1. The van der Waals surface area contributed by atoms with Crippen LogP contribution >= 0.6 is 0 Å². The molecular weight excluding hydrogens is 338 g/mol. The van der Waals surface area contributed by atoms with Crippen molar-refractivity contribution in [2.45, 2.75) is 13.1 Å². The van der Waals surface area contributed by atoms with E-state index in [4.69, 9.17) is 10.5 Å². The predicted molar refractivity (Wildman–Crippen MR) is 110 cm³/mol. The molecule has 6 heteroatoms. The van der Waals surface area contributed by atoms with E-state index >= 15 is 0 Å². The molecule has 0 bridgehead atoms. The van der Waals surface area contributed by atoms with Crippen molar-refractivity contribution in [1.82, 2.24) is 9.97 Å². The van der Waals surface area contributed by atoms with Crippen LogP contribution in [0.15, 0.2) is 67.0 Å². The number of ether oxygens (including phenoxy) is 1. The summed E-state index contributed by atoms with van der Waals surface area (Å²) in [5.41, 5.74) is 9.34. The van der Waals surface area contributed by atoms with Crippen LogP contribution in [-0.4, -0.2) is 30.2 Å². The second-order valence-electron chi connectivity index (χ2n) is 6.21. The smallest absolute Gasteiger partial charge is 0.158 e. The molecule has 0 radical (unpaired) electrons. The van der Waals surface area contributed by atoms with E-state index in [0.717, 1.165) is 5.82 Å². The fourth-order valence-corrected chi connectivity index (χ4v) is 2.86. The second kappa shape index (κ2) is 9.54. The summed E-state index contributed by atoms with van der Waals surface area (Å²) in [7, 11) is 1.66. The average molecular weight is 363 g/mol. The molecule has 0 fully saturated rings. The molecule has 0 atom stereocenters. The van der Waals surface area contributed by atoms with Gasteiger partial charge in [0.1, 0.15) is 12.0 Å². The Bertz CT molecular complexity index is 785. The Morgan fingerprint density at radius 3 is 2.07 bits per heavy atom. The van der Waals surface area contributed by atoms with Gasteiger partial charge in [0, 0.05) is 26.7 Å². The molecule has 3 aromatic rings. The number of benzene rings is 2. The third-order valence-electron chi connectivity index (χ3n) is 4.19. The van der Waals surface area contributed by atoms with E-state index < -0.39 is 0 Å². The number of aromatic nitrogens is 2.